The van der Waals surface area contributed by atoms with Gasteiger partial charge in [-0.1, -0.05) is 42.5 Å². The lowest BCUT2D eigenvalue weighted by molar-refractivity contribution is -0.136. The molecule has 1 fully saturated rings. The first-order valence-corrected chi connectivity index (χ1v) is 20.8. The number of imide groups is 2. The quantitative estimate of drug-likeness (QED) is 0.0746. The first-order valence-electron chi connectivity index (χ1n) is 20.8. The number of carbonyl (C=O) groups excluding carboxylic acids is 5. The van der Waals surface area contributed by atoms with E-state index in [1.54, 1.807) is 12.3 Å². The molecule has 1 atom stereocenters. The summed E-state index contributed by atoms with van der Waals surface area (Å²) < 4.78 is 22.5. The van der Waals surface area contributed by atoms with Crippen LogP contribution in [-0.2, 0) is 46.2 Å². The number of carbonyl (C=O) groups is 5. The standard InChI is InChI=1S/C46H50N6O9/c53-40-15-14-39(44(55)51-40)52-45(56)37-8-3-9-38(42(37)46(52)57)50-41(54)16-19-58-21-23-60-25-26-61-24-22-59-20-18-48-43-34(28-36(30-49-43)35-7-4-17-47-29-35)13-11-31-10-12-32-5-1-2-6-33(32)27-31/h3-4,7-13,17,27-30,39H,1-2,5-6,14-16,18-26H2,(H,48,49)(H,50,54)(H,51,53,55)/b13-11+. The van der Waals surface area contributed by atoms with Gasteiger partial charge in [-0.25, -0.2) is 4.98 Å². The molecule has 4 aromatic rings. The molecule has 2 aromatic heterocycles. The predicted molar refractivity (Wildman–Crippen MR) is 228 cm³/mol. The Morgan fingerprint density at radius 3 is 2.28 bits per heavy atom. The van der Waals surface area contributed by atoms with Gasteiger partial charge in [-0.2, -0.15) is 0 Å². The summed E-state index contributed by atoms with van der Waals surface area (Å²) in [6, 6.07) is 16.3. The number of nitrogens with zero attached hydrogens (tertiary/aromatic N) is 3. The SMILES string of the molecule is O=C1CCC(N2C(=O)c3cccc(NC(=O)CCOCCOCCOCCOCCNc4ncc(-c5cccnc5)cc4/C=C/c4ccc5c(c4)CCCC5)c3C2=O)C(=O)N1. The van der Waals surface area contributed by atoms with Crippen LogP contribution >= 0.6 is 0 Å². The molecule has 7 rings (SSSR count). The lowest BCUT2D eigenvalue weighted by Crippen LogP contribution is -2.54. The zero-order chi connectivity index (χ0) is 42.4. The summed E-state index contributed by atoms with van der Waals surface area (Å²) in [6.45, 7) is 3.35. The van der Waals surface area contributed by atoms with Crippen molar-refractivity contribution in [2.75, 3.05) is 70.0 Å². The van der Waals surface area contributed by atoms with E-state index >= 15 is 0 Å². The second kappa shape index (κ2) is 21.4. The summed E-state index contributed by atoms with van der Waals surface area (Å²) in [5.74, 6) is -2.13. The molecular weight excluding hydrogens is 781 g/mol. The van der Waals surface area contributed by atoms with E-state index in [4.69, 9.17) is 23.9 Å². The Morgan fingerprint density at radius 2 is 1.52 bits per heavy atom. The number of piperidine rings is 1. The van der Waals surface area contributed by atoms with Crippen molar-refractivity contribution in [1.82, 2.24) is 20.2 Å². The van der Waals surface area contributed by atoms with Crippen molar-refractivity contribution < 1.29 is 42.9 Å². The molecule has 3 N–H and O–H groups in total. The van der Waals surface area contributed by atoms with Crippen molar-refractivity contribution in [2.45, 2.75) is 51.0 Å². The highest BCUT2D eigenvalue weighted by atomic mass is 16.6. The Kier molecular flexibility index (Phi) is 15.1. The number of pyridine rings is 2. The van der Waals surface area contributed by atoms with Gasteiger partial charge in [0.1, 0.15) is 11.9 Å². The number of fused-ring (bicyclic) bond motifs is 2. The number of aromatic nitrogens is 2. The minimum absolute atomic E-state index is 0.00403. The first-order chi connectivity index (χ1) is 29.9. The van der Waals surface area contributed by atoms with Crippen molar-refractivity contribution in [3.05, 3.63) is 107 Å². The zero-order valence-corrected chi connectivity index (χ0v) is 34.0. The molecule has 1 saturated heterocycles. The Bertz CT molecular complexity index is 2250. The van der Waals surface area contributed by atoms with Crippen molar-refractivity contribution in [2.24, 2.45) is 0 Å². The van der Waals surface area contributed by atoms with Crippen LogP contribution in [0.2, 0.25) is 0 Å². The molecule has 2 aliphatic heterocycles. The number of hydrogen-bond donors (Lipinski definition) is 3. The predicted octanol–water partition coefficient (Wildman–Crippen LogP) is 5.10. The average Bonchev–Trinajstić information content (AvgIpc) is 3.53. The van der Waals surface area contributed by atoms with Crippen LogP contribution in [0.25, 0.3) is 23.3 Å². The molecule has 61 heavy (non-hydrogen) atoms. The summed E-state index contributed by atoms with van der Waals surface area (Å²) in [6.07, 6.45) is 14.6. The van der Waals surface area contributed by atoms with Gasteiger partial charge in [0.15, 0.2) is 0 Å². The maximum absolute atomic E-state index is 13.2. The monoisotopic (exact) mass is 830 g/mol. The van der Waals surface area contributed by atoms with E-state index in [1.807, 2.05) is 24.5 Å². The smallest absolute Gasteiger partial charge is 0.264 e. The molecule has 318 valence electrons. The van der Waals surface area contributed by atoms with Crippen LogP contribution in [0.15, 0.2) is 73.2 Å². The third kappa shape index (κ3) is 11.4. The number of anilines is 2. The van der Waals surface area contributed by atoms with Crippen molar-refractivity contribution >= 4 is 53.2 Å². The number of hydrogen-bond acceptors (Lipinski definition) is 12. The van der Waals surface area contributed by atoms with Gasteiger partial charge >= 0.3 is 0 Å². The van der Waals surface area contributed by atoms with Crippen molar-refractivity contribution in [3.8, 4) is 11.1 Å². The number of ether oxygens (including phenoxy) is 4. The molecule has 1 unspecified atom stereocenters. The van der Waals surface area contributed by atoms with Crippen LogP contribution < -0.4 is 16.0 Å². The van der Waals surface area contributed by atoms with E-state index in [2.05, 4.69) is 57.4 Å². The average molecular weight is 831 g/mol. The maximum Gasteiger partial charge on any atom is 0.264 e. The molecule has 0 bridgehead atoms. The van der Waals surface area contributed by atoms with Crippen LogP contribution in [0.5, 0.6) is 0 Å². The van der Waals surface area contributed by atoms with Crippen LogP contribution in [0.4, 0.5) is 11.5 Å². The van der Waals surface area contributed by atoms with Gasteiger partial charge in [-0.05, 0) is 73.1 Å². The maximum atomic E-state index is 13.2. The summed E-state index contributed by atoms with van der Waals surface area (Å²) in [5.41, 5.74) is 7.33. The molecule has 5 amide bonds. The molecule has 3 aliphatic rings. The van der Waals surface area contributed by atoms with E-state index in [0.717, 1.165) is 40.2 Å². The highest BCUT2D eigenvalue weighted by Crippen LogP contribution is 2.33. The van der Waals surface area contributed by atoms with E-state index in [9.17, 15) is 24.0 Å². The van der Waals surface area contributed by atoms with Crippen LogP contribution in [0, 0.1) is 0 Å². The van der Waals surface area contributed by atoms with E-state index in [0.29, 0.717) is 46.2 Å². The van der Waals surface area contributed by atoms with Crippen molar-refractivity contribution in [3.63, 3.8) is 0 Å². The third-order valence-electron chi connectivity index (χ3n) is 10.6. The number of amides is 5. The molecule has 0 spiro atoms. The minimum atomic E-state index is -1.09. The Morgan fingerprint density at radius 1 is 0.770 bits per heavy atom. The highest BCUT2D eigenvalue weighted by Gasteiger charge is 2.45. The Balaban J connectivity index is 0.743. The summed E-state index contributed by atoms with van der Waals surface area (Å²) in [4.78, 5) is 72.7. The number of benzene rings is 2. The van der Waals surface area contributed by atoms with Crippen LogP contribution in [0.1, 0.15) is 75.1 Å². The van der Waals surface area contributed by atoms with Gasteiger partial charge in [0.25, 0.3) is 11.8 Å². The number of aryl methyl sites for hydroxylation is 2. The van der Waals surface area contributed by atoms with Crippen molar-refractivity contribution in [1.29, 1.82) is 0 Å². The largest absolute Gasteiger partial charge is 0.379 e. The first kappa shape index (κ1) is 43.0. The Labute approximate surface area is 354 Å². The van der Waals surface area contributed by atoms with Gasteiger partial charge in [0.05, 0.1) is 76.1 Å². The minimum Gasteiger partial charge on any atom is -0.379 e. The highest BCUT2D eigenvalue weighted by molar-refractivity contribution is 6.26. The second-order valence-electron chi connectivity index (χ2n) is 14.8. The van der Waals surface area contributed by atoms with Gasteiger partial charge < -0.3 is 29.6 Å². The molecule has 15 heteroatoms. The van der Waals surface area contributed by atoms with E-state index < -0.39 is 35.6 Å². The molecular formula is C46H50N6O9. The summed E-state index contributed by atoms with van der Waals surface area (Å²) >= 11 is 0. The van der Waals surface area contributed by atoms with Crippen LogP contribution in [0.3, 0.4) is 0 Å². The summed E-state index contributed by atoms with van der Waals surface area (Å²) in [7, 11) is 0. The Hall–Kier alpha value is -6.13. The fraction of sp³-hybridized carbons (Fsp3) is 0.370. The summed E-state index contributed by atoms with van der Waals surface area (Å²) in [5, 5.41) is 8.26. The van der Waals surface area contributed by atoms with Gasteiger partial charge in [0, 0.05) is 48.2 Å². The molecule has 4 heterocycles. The lowest BCUT2D eigenvalue weighted by Gasteiger charge is -2.27. The van der Waals surface area contributed by atoms with E-state index in [-0.39, 0.29) is 49.3 Å². The normalized spacial score (nSPS) is 16.1. The topological polar surface area (TPSA) is 187 Å². The molecule has 0 saturated carbocycles. The fourth-order valence-electron chi connectivity index (χ4n) is 7.49. The zero-order valence-electron chi connectivity index (χ0n) is 34.0. The van der Waals surface area contributed by atoms with Gasteiger partial charge in [0.2, 0.25) is 17.7 Å². The van der Waals surface area contributed by atoms with Gasteiger partial charge in [-0.3, -0.25) is 39.2 Å². The molecule has 2 aromatic carbocycles. The number of nitrogens with one attached hydrogen (secondary N) is 3. The van der Waals surface area contributed by atoms with Gasteiger partial charge in [-0.15, -0.1) is 0 Å². The van der Waals surface area contributed by atoms with E-state index in [1.165, 1.54) is 41.7 Å². The third-order valence-corrected chi connectivity index (χ3v) is 10.6. The van der Waals surface area contributed by atoms with Crippen LogP contribution in [-0.4, -0.2) is 110 Å². The molecule has 15 nitrogen and oxygen atoms in total. The molecule has 1 aliphatic carbocycles. The molecule has 0 radical (unpaired) electrons. The lowest BCUT2D eigenvalue weighted by atomic mass is 9.90. The number of rotatable bonds is 21. The fourth-order valence-corrected chi connectivity index (χ4v) is 7.49. The second-order valence-corrected chi connectivity index (χ2v) is 14.8.